The quantitative estimate of drug-likeness (QED) is 0.466. The van der Waals surface area contributed by atoms with Crippen LogP contribution in [0.4, 0.5) is 4.79 Å². The molecule has 2 aromatic rings. The van der Waals surface area contributed by atoms with E-state index < -0.39 is 18.0 Å². The topological polar surface area (TPSA) is 141 Å². The average molecular weight is 460 g/mol. The summed E-state index contributed by atoms with van der Waals surface area (Å²) in [6.07, 6.45) is 3.11. The van der Waals surface area contributed by atoms with Gasteiger partial charge in [-0.25, -0.2) is 9.78 Å². The number of unbranched alkanes of at least 4 members (excludes halogenated alkanes) is 1. The number of nitrogens with zero attached hydrogens (tertiary/aromatic N) is 2. The minimum atomic E-state index is -0.562. The van der Waals surface area contributed by atoms with Gasteiger partial charge in [0.15, 0.2) is 0 Å². The third kappa shape index (κ3) is 6.51. The van der Waals surface area contributed by atoms with Crippen molar-refractivity contribution in [2.75, 3.05) is 13.1 Å². The number of rotatable bonds is 10. The molecular formula is C22H29N5O4S. The lowest BCUT2D eigenvalue weighted by Crippen LogP contribution is -2.43. The molecule has 10 heteroatoms. The number of nitrogens with two attached hydrogens (primary N) is 2. The molecule has 1 aromatic carbocycles. The van der Waals surface area contributed by atoms with Crippen molar-refractivity contribution in [2.45, 2.75) is 50.8 Å². The Balaban J connectivity index is 1.35. The highest BCUT2D eigenvalue weighted by molar-refractivity contribution is 7.09. The Morgan fingerprint density at radius 2 is 2.03 bits per heavy atom. The zero-order valence-corrected chi connectivity index (χ0v) is 18.7. The summed E-state index contributed by atoms with van der Waals surface area (Å²) in [4.78, 5) is 41.8. The number of carbonyl (C=O) groups is 3. The Morgan fingerprint density at radius 1 is 1.25 bits per heavy atom. The van der Waals surface area contributed by atoms with Crippen LogP contribution < -0.4 is 16.8 Å². The smallest absolute Gasteiger partial charge is 0.407 e. The van der Waals surface area contributed by atoms with Gasteiger partial charge in [0.05, 0.1) is 6.04 Å². The Kier molecular flexibility index (Phi) is 8.57. The lowest BCUT2D eigenvalue weighted by Gasteiger charge is -2.21. The molecule has 1 aliphatic heterocycles. The van der Waals surface area contributed by atoms with Crippen molar-refractivity contribution in [3.63, 3.8) is 0 Å². The highest BCUT2D eigenvalue weighted by Crippen LogP contribution is 2.24. The number of likely N-dealkylation sites (tertiary alicyclic amines) is 1. The predicted octanol–water partition coefficient (Wildman–Crippen LogP) is 2.33. The summed E-state index contributed by atoms with van der Waals surface area (Å²) in [6, 6.07) is 8.63. The van der Waals surface area contributed by atoms with Crippen LogP contribution in [-0.4, -0.2) is 46.9 Å². The van der Waals surface area contributed by atoms with Gasteiger partial charge in [0.25, 0.3) is 5.91 Å². The van der Waals surface area contributed by atoms with Gasteiger partial charge in [0.2, 0.25) is 5.91 Å². The number of benzene rings is 1. The van der Waals surface area contributed by atoms with Crippen molar-refractivity contribution in [1.82, 2.24) is 15.2 Å². The normalized spacial score (nSPS) is 16.5. The van der Waals surface area contributed by atoms with E-state index in [1.807, 2.05) is 30.3 Å². The molecular weight excluding hydrogens is 430 g/mol. The highest BCUT2D eigenvalue weighted by atomic mass is 32.1. The van der Waals surface area contributed by atoms with Gasteiger partial charge in [0, 0.05) is 18.5 Å². The van der Waals surface area contributed by atoms with Crippen molar-refractivity contribution in [3.05, 3.63) is 52.0 Å². The van der Waals surface area contributed by atoms with Gasteiger partial charge in [0.1, 0.15) is 23.4 Å². The number of carbonyl (C=O) groups excluding carboxylic acids is 3. The van der Waals surface area contributed by atoms with E-state index in [1.165, 1.54) is 16.2 Å². The van der Waals surface area contributed by atoms with Crippen molar-refractivity contribution in [1.29, 1.82) is 0 Å². The number of amides is 3. The van der Waals surface area contributed by atoms with Crippen molar-refractivity contribution < 1.29 is 19.1 Å². The summed E-state index contributed by atoms with van der Waals surface area (Å²) >= 11 is 1.34. The van der Waals surface area contributed by atoms with Crippen molar-refractivity contribution in [2.24, 2.45) is 11.5 Å². The average Bonchev–Trinajstić information content (AvgIpc) is 3.48. The van der Waals surface area contributed by atoms with E-state index in [9.17, 15) is 14.4 Å². The minimum absolute atomic E-state index is 0.236. The number of hydrogen-bond acceptors (Lipinski definition) is 7. The third-order valence-corrected chi connectivity index (χ3v) is 6.30. The predicted molar refractivity (Wildman–Crippen MR) is 121 cm³/mol. The van der Waals surface area contributed by atoms with Gasteiger partial charge in [-0.2, -0.15) is 0 Å². The number of ether oxygens (including phenoxy) is 1. The molecule has 3 rings (SSSR count). The Hall–Kier alpha value is -2.98. The first-order valence-electron chi connectivity index (χ1n) is 10.7. The first-order chi connectivity index (χ1) is 15.5. The van der Waals surface area contributed by atoms with Crippen LogP contribution in [0.15, 0.2) is 35.7 Å². The maximum absolute atomic E-state index is 12.7. The van der Waals surface area contributed by atoms with Gasteiger partial charge in [-0.15, -0.1) is 11.3 Å². The fraction of sp³-hybridized carbons (Fsp3) is 0.455. The second-order valence-electron chi connectivity index (χ2n) is 7.72. The van der Waals surface area contributed by atoms with Gasteiger partial charge < -0.3 is 26.4 Å². The van der Waals surface area contributed by atoms with Crippen LogP contribution in [0.5, 0.6) is 0 Å². The number of thiazole rings is 1. The minimum Gasteiger partial charge on any atom is -0.445 e. The largest absolute Gasteiger partial charge is 0.445 e. The van der Waals surface area contributed by atoms with E-state index in [0.29, 0.717) is 36.6 Å². The third-order valence-electron chi connectivity index (χ3n) is 5.32. The molecule has 172 valence electrons. The van der Waals surface area contributed by atoms with Crippen LogP contribution in [0.1, 0.15) is 59.2 Å². The Labute approximate surface area is 191 Å². The molecule has 2 unspecified atom stereocenters. The number of nitrogens with one attached hydrogen (secondary N) is 1. The van der Waals surface area contributed by atoms with Crippen LogP contribution in [0, 0.1) is 0 Å². The first kappa shape index (κ1) is 23.7. The summed E-state index contributed by atoms with van der Waals surface area (Å²) in [5, 5.41) is 5.08. The monoisotopic (exact) mass is 459 g/mol. The van der Waals surface area contributed by atoms with E-state index in [1.54, 1.807) is 5.38 Å². The molecule has 5 N–H and O–H groups in total. The zero-order valence-electron chi connectivity index (χ0n) is 17.9. The highest BCUT2D eigenvalue weighted by Gasteiger charge is 2.34. The standard InChI is InChI=1S/C22H29N5O4S/c23-16(9-4-5-11-25-22(30)31-13-15-7-2-1-3-8-15)20-26-17(14-32-20)21(29)27-12-6-10-18(27)19(24)28/h1-3,7-8,14,16,18H,4-6,9-13,23H2,(H2,24,28)(H,25,30). The summed E-state index contributed by atoms with van der Waals surface area (Å²) < 4.78 is 5.17. The molecule has 1 aliphatic rings. The lowest BCUT2D eigenvalue weighted by molar-refractivity contribution is -0.121. The van der Waals surface area contributed by atoms with Gasteiger partial charge in [-0.1, -0.05) is 30.3 Å². The summed E-state index contributed by atoms with van der Waals surface area (Å²) in [7, 11) is 0. The van der Waals surface area contributed by atoms with Crippen molar-refractivity contribution in [3.8, 4) is 0 Å². The molecule has 9 nitrogen and oxygen atoms in total. The maximum atomic E-state index is 12.7. The number of aromatic nitrogens is 1. The molecule has 1 fully saturated rings. The fourth-order valence-electron chi connectivity index (χ4n) is 3.59. The summed E-state index contributed by atoms with van der Waals surface area (Å²) in [5.41, 5.74) is 12.9. The van der Waals surface area contributed by atoms with Gasteiger partial charge in [-0.3, -0.25) is 9.59 Å². The molecule has 3 amide bonds. The molecule has 0 aliphatic carbocycles. The second kappa shape index (κ2) is 11.6. The first-order valence-corrected chi connectivity index (χ1v) is 11.6. The summed E-state index contributed by atoms with van der Waals surface area (Å²) in [6.45, 7) is 1.23. The molecule has 32 heavy (non-hydrogen) atoms. The molecule has 0 bridgehead atoms. The number of hydrogen-bond donors (Lipinski definition) is 3. The van der Waals surface area contributed by atoms with E-state index in [0.717, 1.165) is 24.8 Å². The van der Waals surface area contributed by atoms with Gasteiger partial charge in [-0.05, 0) is 37.7 Å². The SMILES string of the molecule is NC(=O)C1CCCN1C(=O)c1csc(C(N)CCCCNC(=O)OCc2ccccc2)n1. The van der Waals surface area contributed by atoms with Crippen LogP contribution in [0.3, 0.4) is 0 Å². The Morgan fingerprint density at radius 3 is 2.78 bits per heavy atom. The zero-order chi connectivity index (χ0) is 22.9. The second-order valence-corrected chi connectivity index (χ2v) is 8.61. The molecule has 1 aromatic heterocycles. The van der Waals surface area contributed by atoms with E-state index in [4.69, 9.17) is 16.2 Å². The summed E-state index contributed by atoms with van der Waals surface area (Å²) in [5.74, 6) is -0.764. The molecule has 1 saturated heterocycles. The Bertz CT molecular complexity index is 920. The maximum Gasteiger partial charge on any atom is 0.407 e. The van der Waals surface area contributed by atoms with Gasteiger partial charge >= 0.3 is 6.09 Å². The number of alkyl carbamates (subject to hydrolysis) is 1. The molecule has 2 heterocycles. The van der Waals surface area contributed by atoms with E-state index in [-0.39, 0.29) is 18.6 Å². The van der Waals surface area contributed by atoms with Crippen LogP contribution in [-0.2, 0) is 16.1 Å². The fourth-order valence-corrected chi connectivity index (χ4v) is 4.42. The molecule has 2 atom stereocenters. The van der Waals surface area contributed by atoms with E-state index >= 15 is 0 Å². The number of primary amides is 1. The van der Waals surface area contributed by atoms with Crippen LogP contribution in [0.25, 0.3) is 0 Å². The molecule has 0 radical (unpaired) electrons. The van der Waals surface area contributed by atoms with Crippen LogP contribution in [0.2, 0.25) is 0 Å². The van der Waals surface area contributed by atoms with Crippen molar-refractivity contribution >= 4 is 29.2 Å². The lowest BCUT2D eigenvalue weighted by atomic mass is 10.1. The molecule has 0 spiro atoms. The van der Waals surface area contributed by atoms with E-state index in [2.05, 4.69) is 10.3 Å². The van der Waals surface area contributed by atoms with Crippen LogP contribution >= 0.6 is 11.3 Å². The molecule has 0 saturated carbocycles.